The van der Waals surface area contributed by atoms with E-state index in [0.29, 0.717) is 25.3 Å². The maximum atomic E-state index is 12.4. The average Bonchev–Trinajstić information content (AvgIpc) is 2.58. The molecular weight excluding hydrogens is 242 g/mol. The van der Waals surface area contributed by atoms with Crippen LogP contribution in [0.2, 0.25) is 0 Å². The summed E-state index contributed by atoms with van der Waals surface area (Å²) in [6.45, 7) is 1.83. The topological polar surface area (TPSA) is 74.1 Å². The number of carbonyl (C=O) groups excluding carboxylic acids is 1. The van der Waals surface area contributed by atoms with Crippen molar-refractivity contribution in [2.75, 3.05) is 30.4 Å². The van der Waals surface area contributed by atoms with E-state index >= 15 is 0 Å². The molecule has 0 bridgehead atoms. The van der Waals surface area contributed by atoms with Crippen molar-refractivity contribution >= 4 is 17.3 Å². The minimum atomic E-state index is -0.399. The van der Waals surface area contributed by atoms with Gasteiger partial charge in [0.15, 0.2) is 0 Å². The van der Waals surface area contributed by atoms with Crippen LogP contribution in [0.1, 0.15) is 18.4 Å². The van der Waals surface area contributed by atoms with Crippen molar-refractivity contribution in [1.82, 2.24) is 0 Å². The Kier molecular flexibility index (Phi) is 2.88. The highest BCUT2D eigenvalue weighted by molar-refractivity contribution is 6.00. The molecule has 0 saturated carbocycles. The minimum absolute atomic E-state index is 0.0479. The van der Waals surface area contributed by atoms with Gasteiger partial charge in [0.05, 0.1) is 28.4 Å². The van der Waals surface area contributed by atoms with Crippen molar-refractivity contribution in [2.45, 2.75) is 12.8 Å². The standard InChI is InChI=1S/C14H15N3O2/c15-8-10-1-2-11-12(7-10)16-9-14(13(18)17-11)3-5-19-6-4-14/h1-2,7,16H,3-6,9H2,(H,17,18). The van der Waals surface area contributed by atoms with Gasteiger partial charge in [-0.25, -0.2) is 0 Å². The van der Waals surface area contributed by atoms with Gasteiger partial charge in [-0.05, 0) is 31.0 Å². The molecule has 1 saturated heterocycles. The van der Waals surface area contributed by atoms with Crippen molar-refractivity contribution in [3.05, 3.63) is 23.8 Å². The lowest BCUT2D eigenvalue weighted by molar-refractivity contribution is -0.129. The van der Waals surface area contributed by atoms with Gasteiger partial charge in [0.1, 0.15) is 0 Å². The molecule has 1 amide bonds. The van der Waals surface area contributed by atoms with Gasteiger partial charge in [0.2, 0.25) is 5.91 Å². The molecule has 5 nitrogen and oxygen atoms in total. The lowest BCUT2D eigenvalue weighted by Gasteiger charge is -2.34. The molecule has 2 heterocycles. The van der Waals surface area contributed by atoms with Crippen molar-refractivity contribution in [1.29, 1.82) is 5.26 Å². The maximum absolute atomic E-state index is 12.4. The van der Waals surface area contributed by atoms with Crippen molar-refractivity contribution in [3.8, 4) is 6.07 Å². The summed E-state index contributed by atoms with van der Waals surface area (Å²) < 4.78 is 5.35. The van der Waals surface area contributed by atoms with Crippen LogP contribution in [0.15, 0.2) is 18.2 Å². The third-order valence-corrected chi connectivity index (χ3v) is 3.95. The van der Waals surface area contributed by atoms with Gasteiger partial charge in [-0.1, -0.05) is 0 Å². The zero-order valence-corrected chi connectivity index (χ0v) is 10.5. The van der Waals surface area contributed by atoms with Crippen LogP contribution in [-0.2, 0) is 9.53 Å². The van der Waals surface area contributed by atoms with Gasteiger partial charge in [-0.15, -0.1) is 0 Å². The van der Waals surface area contributed by atoms with Gasteiger partial charge in [0.25, 0.3) is 0 Å². The van der Waals surface area contributed by atoms with Gasteiger partial charge in [-0.3, -0.25) is 4.79 Å². The Hall–Kier alpha value is -2.06. The molecular formula is C14H15N3O2. The van der Waals surface area contributed by atoms with Crippen LogP contribution < -0.4 is 10.6 Å². The van der Waals surface area contributed by atoms with Gasteiger partial charge < -0.3 is 15.4 Å². The number of fused-ring (bicyclic) bond motifs is 1. The van der Waals surface area contributed by atoms with E-state index in [2.05, 4.69) is 16.7 Å². The van der Waals surface area contributed by atoms with Crippen LogP contribution >= 0.6 is 0 Å². The number of anilines is 2. The Bertz CT molecular complexity index is 556. The summed E-state index contributed by atoms with van der Waals surface area (Å²) in [5.41, 5.74) is 1.75. The van der Waals surface area contributed by atoms with Crippen LogP contribution in [0.4, 0.5) is 11.4 Å². The summed E-state index contributed by atoms with van der Waals surface area (Å²) in [6.07, 6.45) is 1.45. The normalized spacial score (nSPS) is 20.7. The molecule has 5 heteroatoms. The second-order valence-corrected chi connectivity index (χ2v) is 5.07. The number of rotatable bonds is 0. The molecule has 1 fully saturated rings. The third kappa shape index (κ3) is 2.04. The highest BCUT2D eigenvalue weighted by Gasteiger charge is 2.41. The highest BCUT2D eigenvalue weighted by Crippen LogP contribution is 2.37. The van der Waals surface area contributed by atoms with Crippen molar-refractivity contribution < 1.29 is 9.53 Å². The lowest BCUT2D eigenvalue weighted by Crippen LogP contribution is -2.44. The van der Waals surface area contributed by atoms with Crippen LogP contribution in [0.25, 0.3) is 0 Å². The molecule has 1 spiro atoms. The minimum Gasteiger partial charge on any atom is -0.382 e. The molecule has 2 aliphatic rings. The highest BCUT2D eigenvalue weighted by atomic mass is 16.5. The third-order valence-electron chi connectivity index (χ3n) is 3.95. The SMILES string of the molecule is N#Cc1ccc2c(c1)NCC1(CCOCC1)C(=O)N2. The van der Waals surface area contributed by atoms with E-state index in [0.717, 1.165) is 24.2 Å². The van der Waals surface area contributed by atoms with E-state index in [9.17, 15) is 4.79 Å². The van der Waals surface area contributed by atoms with Crippen molar-refractivity contribution in [3.63, 3.8) is 0 Å². The Morgan fingerprint density at radius 1 is 1.26 bits per heavy atom. The predicted octanol–water partition coefficient (Wildman–Crippen LogP) is 1.72. The van der Waals surface area contributed by atoms with Gasteiger partial charge in [-0.2, -0.15) is 5.26 Å². The van der Waals surface area contributed by atoms with Crippen LogP contribution in [0.3, 0.4) is 0 Å². The molecule has 0 radical (unpaired) electrons. The van der Waals surface area contributed by atoms with Crippen LogP contribution in [0, 0.1) is 16.7 Å². The molecule has 98 valence electrons. The average molecular weight is 257 g/mol. The van der Waals surface area contributed by atoms with E-state index in [1.165, 1.54) is 0 Å². The number of hydrogen-bond donors (Lipinski definition) is 2. The molecule has 0 aromatic heterocycles. The van der Waals surface area contributed by atoms with E-state index < -0.39 is 5.41 Å². The molecule has 3 rings (SSSR count). The van der Waals surface area contributed by atoms with Crippen molar-refractivity contribution in [2.24, 2.45) is 5.41 Å². The molecule has 1 aromatic rings. The van der Waals surface area contributed by atoms with Gasteiger partial charge >= 0.3 is 0 Å². The van der Waals surface area contributed by atoms with E-state index in [-0.39, 0.29) is 5.91 Å². The molecule has 0 aliphatic carbocycles. The Balaban J connectivity index is 1.92. The largest absolute Gasteiger partial charge is 0.382 e. The number of carbonyl (C=O) groups is 1. The number of amides is 1. The van der Waals surface area contributed by atoms with Crippen LogP contribution in [0.5, 0.6) is 0 Å². The summed E-state index contributed by atoms with van der Waals surface area (Å²) in [4.78, 5) is 12.4. The molecule has 2 N–H and O–H groups in total. The van der Waals surface area contributed by atoms with E-state index in [4.69, 9.17) is 10.00 Å². The summed E-state index contributed by atoms with van der Waals surface area (Å²) >= 11 is 0. The number of nitriles is 1. The molecule has 19 heavy (non-hydrogen) atoms. The Morgan fingerprint density at radius 3 is 2.79 bits per heavy atom. The zero-order valence-electron chi connectivity index (χ0n) is 10.5. The first-order chi connectivity index (χ1) is 9.23. The first-order valence-electron chi connectivity index (χ1n) is 6.41. The number of hydrogen-bond acceptors (Lipinski definition) is 4. The fourth-order valence-corrected chi connectivity index (χ4v) is 2.63. The first kappa shape index (κ1) is 12.0. The molecule has 1 aromatic carbocycles. The Labute approximate surface area is 111 Å². The van der Waals surface area contributed by atoms with Crippen LogP contribution in [-0.4, -0.2) is 25.7 Å². The molecule has 0 atom stereocenters. The number of nitrogens with zero attached hydrogens (tertiary/aromatic N) is 1. The summed E-state index contributed by atoms with van der Waals surface area (Å²) in [6, 6.07) is 7.36. The fraction of sp³-hybridized carbons (Fsp3) is 0.429. The molecule has 0 unspecified atom stereocenters. The predicted molar refractivity (Wildman–Crippen MR) is 70.8 cm³/mol. The molecule has 2 aliphatic heterocycles. The smallest absolute Gasteiger partial charge is 0.232 e. The maximum Gasteiger partial charge on any atom is 0.232 e. The zero-order chi connectivity index (χ0) is 13.3. The second kappa shape index (κ2) is 4.56. The van der Waals surface area contributed by atoms with Gasteiger partial charge in [0, 0.05) is 19.8 Å². The van der Waals surface area contributed by atoms with E-state index in [1.54, 1.807) is 18.2 Å². The summed E-state index contributed by atoms with van der Waals surface area (Å²) in [5.74, 6) is 0.0479. The van der Waals surface area contributed by atoms with E-state index in [1.807, 2.05) is 0 Å². The second-order valence-electron chi connectivity index (χ2n) is 5.07. The lowest BCUT2D eigenvalue weighted by atomic mass is 9.79. The first-order valence-corrected chi connectivity index (χ1v) is 6.41. The fourth-order valence-electron chi connectivity index (χ4n) is 2.63. The summed E-state index contributed by atoms with van der Waals surface area (Å²) in [7, 11) is 0. The monoisotopic (exact) mass is 257 g/mol. The number of benzene rings is 1. The Morgan fingerprint density at radius 2 is 2.05 bits per heavy atom. The quantitative estimate of drug-likeness (QED) is 0.742. The summed E-state index contributed by atoms with van der Waals surface area (Å²) in [5, 5.41) is 15.2. The number of nitrogens with one attached hydrogen (secondary N) is 2. The number of ether oxygens (including phenoxy) is 1.